The average Bonchev–Trinajstić information content (AvgIpc) is 4.19. The van der Waals surface area contributed by atoms with Gasteiger partial charge in [0.25, 0.3) is 20.2 Å². The van der Waals surface area contributed by atoms with E-state index in [-0.39, 0.29) is 63.6 Å². The molecule has 16 nitrogen and oxygen atoms in total. The van der Waals surface area contributed by atoms with Gasteiger partial charge in [0.2, 0.25) is 39.3 Å². The summed E-state index contributed by atoms with van der Waals surface area (Å²) in [5, 5.41) is 0. The molecule has 0 heterocycles. The number of benzene rings is 6. The number of carbonyl (C=O) groups is 2. The van der Waals surface area contributed by atoms with Gasteiger partial charge in [0.05, 0.1) is 51.7 Å². The van der Waals surface area contributed by atoms with Crippen molar-refractivity contribution in [1.82, 2.24) is 0 Å². The molecule has 6 aromatic rings. The lowest BCUT2D eigenvalue weighted by Crippen LogP contribution is -2.42. The van der Waals surface area contributed by atoms with Crippen LogP contribution in [0.5, 0.6) is 0 Å². The van der Waals surface area contributed by atoms with Crippen LogP contribution >= 0.6 is 11.8 Å². The van der Waals surface area contributed by atoms with E-state index < -0.39 is 102 Å². The Balaban J connectivity index is 0.000000220. The Morgan fingerprint density at radius 3 is 0.924 bits per heavy atom. The van der Waals surface area contributed by atoms with Crippen molar-refractivity contribution in [1.29, 1.82) is 0 Å². The van der Waals surface area contributed by atoms with Gasteiger partial charge in [-0.3, -0.25) is 18.7 Å². The Hall–Kier alpha value is -5.37. The Kier molecular flexibility index (Phi) is 16.3. The van der Waals surface area contributed by atoms with Crippen LogP contribution in [-0.2, 0) is 69.2 Å². The number of fused-ring (bicyclic) bond motifs is 4. The number of ketones is 2. The molecule has 23 heteroatoms. The lowest BCUT2D eigenvalue weighted by Gasteiger charge is -2.35. The smallest absolute Gasteiger partial charge is 0.265 e. The van der Waals surface area contributed by atoms with Crippen molar-refractivity contribution in [3.63, 3.8) is 0 Å². The van der Waals surface area contributed by atoms with Gasteiger partial charge in [0.1, 0.15) is 21.4 Å². The average molecular weight is 1210 g/mol. The fourth-order valence-corrected chi connectivity index (χ4v) is 23.4. The molecule has 0 saturated heterocycles. The van der Waals surface area contributed by atoms with Crippen LogP contribution in [0.15, 0.2) is 207 Å². The molecule has 79 heavy (non-hydrogen) atoms. The van der Waals surface area contributed by atoms with Crippen molar-refractivity contribution in [2.75, 3.05) is 11.5 Å². The number of hydrogen-bond donors (Lipinski definition) is 2. The molecular weight excluding hydrogens is 1150 g/mol. The fraction of sp³-hybridized carbons (Fsp3) is 0.321. The molecule has 4 saturated carbocycles. The van der Waals surface area contributed by atoms with Crippen LogP contribution in [0.2, 0.25) is 0 Å². The first-order chi connectivity index (χ1) is 36.7. The molecule has 10 rings (SSSR count). The molecule has 4 bridgehead atoms. The van der Waals surface area contributed by atoms with Crippen LogP contribution in [0, 0.1) is 33.5 Å². The molecule has 4 aliphatic rings. The van der Waals surface area contributed by atoms with Gasteiger partial charge >= 0.3 is 0 Å². The molecule has 0 spiro atoms. The van der Waals surface area contributed by atoms with E-state index in [1.165, 1.54) is 133 Å². The van der Waals surface area contributed by atoms with Crippen molar-refractivity contribution in [2.45, 2.75) is 115 Å². The van der Waals surface area contributed by atoms with Gasteiger partial charge in [0, 0.05) is 22.6 Å². The molecule has 4 unspecified atom stereocenters. The van der Waals surface area contributed by atoms with Crippen LogP contribution in [0.1, 0.15) is 66.2 Å². The summed E-state index contributed by atoms with van der Waals surface area (Å²) in [6.07, 6.45) is 3.94. The molecule has 420 valence electrons. The minimum Gasteiger partial charge on any atom is -0.299 e. The zero-order chi connectivity index (χ0) is 57.8. The zero-order valence-corrected chi connectivity index (χ0v) is 49.0. The number of Topliss-reactive ketones (excluding diaryl/α,β-unsaturated/α-hetero) is 2. The fourth-order valence-electron chi connectivity index (χ4n) is 12.0. The lowest BCUT2D eigenvalue weighted by atomic mass is 9.70. The van der Waals surface area contributed by atoms with Gasteiger partial charge in [-0.2, -0.15) is 16.8 Å². The van der Waals surface area contributed by atoms with E-state index in [2.05, 4.69) is 0 Å². The number of hydrogen-bond acceptors (Lipinski definition) is 15. The molecule has 0 aromatic heterocycles. The highest BCUT2D eigenvalue weighted by Crippen LogP contribution is 2.65. The third-order valence-electron chi connectivity index (χ3n) is 16.6. The van der Waals surface area contributed by atoms with Crippen LogP contribution in [-0.4, -0.2) is 82.7 Å². The Labute approximate surface area is 466 Å². The summed E-state index contributed by atoms with van der Waals surface area (Å²) in [4.78, 5) is 20.6. The van der Waals surface area contributed by atoms with Gasteiger partial charge in [-0.25, -0.2) is 33.7 Å². The van der Waals surface area contributed by atoms with Crippen LogP contribution in [0.3, 0.4) is 0 Å². The normalized spacial score (nSPS) is 22.4. The Morgan fingerprint density at radius 1 is 0.405 bits per heavy atom. The van der Waals surface area contributed by atoms with E-state index >= 15 is 0 Å². The summed E-state index contributed by atoms with van der Waals surface area (Å²) < 4.78 is 176. The highest BCUT2D eigenvalue weighted by molar-refractivity contribution is 8.01. The molecule has 6 aromatic carbocycles. The number of rotatable bonds is 14. The van der Waals surface area contributed by atoms with Gasteiger partial charge < -0.3 is 0 Å². The molecule has 4 fully saturated rings. The van der Waals surface area contributed by atoms with E-state index in [1.807, 2.05) is 27.7 Å². The van der Waals surface area contributed by atoms with Crippen LogP contribution in [0.4, 0.5) is 0 Å². The zero-order valence-electron chi connectivity index (χ0n) is 43.3. The number of carbonyl (C=O) groups excluding carboxylic acids is 2. The largest absolute Gasteiger partial charge is 0.299 e. The third kappa shape index (κ3) is 11.1. The van der Waals surface area contributed by atoms with Crippen molar-refractivity contribution in [3.05, 3.63) is 158 Å². The summed E-state index contributed by atoms with van der Waals surface area (Å²) in [6, 6.07) is 37.0. The van der Waals surface area contributed by atoms with E-state index in [1.54, 1.807) is 24.3 Å². The molecule has 4 aliphatic carbocycles. The summed E-state index contributed by atoms with van der Waals surface area (Å²) in [7, 11) is -26.1. The second-order valence-corrected chi connectivity index (χ2v) is 32.9. The molecule has 0 aliphatic heterocycles. The maximum Gasteiger partial charge on any atom is 0.265 e. The molecule has 4 atom stereocenters. The topological polar surface area (TPSA) is 279 Å². The van der Waals surface area contributed by atoms with Crippen molar-refractivity contribution < 1.29 is 69.2 Å². The first-order valence-electron chi connectivity index (χ1n) is 24.9. The monoisotopic (exact) mass is 1210 g/mol. The van der Waals surface area contributed by atoms with Crippen LogP contribution < -0.4 is 0 Å². The summed E-state index contributed by atoms with van der Waals surface area (Å²) in [6.45, 7) is 7.78. The highest BCUT2D eigenvalue weighted by atomic mass is 32.2. The minimum absolute atomic E-state index is 0.0152. The van der Waals surface area contributed by atoms with Crippen molar-refractivity contribution >= 4 is 82.9 Å². The van der Waals surface area contributed by atoms with Gasteiger partial charge in [-0.1, -0.05) is 124 Å². The second-order valence-electron chi connectivity index (χ2n) is 21.3. The summed E-state index contributed by atoms with van der Waals surface area (Å²) in [5.41, 5.74) is -2.24. The summed E-state index contributed by atoms with van der Waals surface area (Å²) in [5.74, 6) is -0.203. The van der Waals surface area contributed by atoms with E-state index in [0.717, 1.165) is 12.8 Å². The number of sulfone groups is 4. The lowest BCUT2D eigenvalue weighted by molar-refractivity contribution is -0.128. The predicted molar refractivity (Wildman–Crippen MR) is 295 cm³/mol. The van der Waals surface area contributed by atoms with Gasteiger partial charge in [-0.15, -0.1) is 0 Å². The SMILES string of the molecule is CC1(C)C2CCC1(CS(=O)(=O)O)C(=O)C2.CC1(C)C2CCC1(CS(=O)(=O)O)C(=O)C2.O=S(=O)(c1ccccc1)c1cccc(Sc2cccc(S(=O)(=O)c3ccccc3)c2S(=O)(=O)c2ccccc2)c1S(=O)(=O)c1ccccc1. The Bertz CT molecular complexity index is 3780. The molecule has 0 amide bonds. The quantitative estimate of drug-likeness (QED) is 0.0960. The predicted octanol–water partition coefficient (Wildman–Crippen LogP) is 9.71. The van der Waals surface area contributed by atoms with Crippen LogP contribution in [0.25, 0.3) is 0 Å². The first-order valence-corrected chi connectivity index (χ1v) is 34.8. The maximum absolute atomic E-state index is 14.4. The maximum atomic E-state index is 14.4. The summed E-state index contributed by atoms with van der Waals surface area (Å²) >= 11 is 0.648. The Morgan fingerprint density at radius 2 is 0.684 bits per heavy atom. The standard InChI is InChI=1S/C36H26O8S5.2C10H16O4S/c37-46(38,27-15-5-1-6-16-27)33-25-13-23-31(35(33)48(41,42)29-19-9-3-10-20-29)45-32-24-14-26-34(47(39,40)28-17-7-2-8-18-28)36(32)49(43,44)30-21-11-4-12-22-30;2*1-9(2)7-3-4-10(9,8(11)5-7)6-15(12,13)14/h1-26H;2*7H,3-6H2,1-2H3,(H,12,13,14). The van der Waals surface area contributed by atoms with Crippen molar-refractivity contribution in [2.24, 2.45) is 33.5 Å². The van der Waals surface area contributed by atoms with E-state index in [9.17, 15) is 60.1 Å². The van der Waals surface area contributed by atoms with E-state index in [0.29, 0.717) is 37.4 Å². The van der Waals surface area contributed by atoms with E-state index in [4.69, 9.17) is 9.11 Å². The van der Waals surface area contributed by atoms with Crippen molar-refractivity contribution in [3.8, 4) is 0 Å². The molecular formula is C56H58O16S7. The molecule has 2 N–H and O–H groups in total. The highest BCUT2D eigenvalue weighted by Gasteiger charge is 2.66. The third-order valence-corrected chi connectivity index (χ3v) is 27.3. The van der Waals surface area contributed by atoms with Gasteiger partial charge in [0.15, 0.2) is 0 Å². The minimum atomic E-state index is -4.56. The molecule has 0 radical (unpaired) electrons. The first kappa shape index (κ1) is 59.7. The second kappa shape index (κ2) is 21.5. The van der Waals surface area contributed by atoms with Gasteiger partial charge in [-0.05, 0) is 121 Å².